The van der Waals surface area contributed by atoms with Gasteiger partial charge in [0.25, 0.3) is 0 Å². The summed E-state index contributed by atoms with van der Waals surface area (Å²) in [4.78, 5) is 23.4. The smallest absolute Gasteiger partial charge is 0.331 e. The Morgan fingerprint density at radius 2 is 0.611 bits per heavy atom. The Labute approximate surface area is 224 Å². The Bertz CT molecular complexity index is 500. The lowest BCUT2D eigenvalue weighted by molar-refractivity contribution is -0.140. The Kier molecular flexibility index (Phi) is 28.8. The van der Waals surface area contributed by atoms with Crippen molar-refractivity contribution < 1.29 is 19.1 Å². The van der Waals surface area contributed by atoms with Gasteiger partial charge in [-0.1, -0.05) is 155 Å². The monoisotopic (exact) mass is 508 g/mol. The maximum atomic E-state index is 11.7. The second-order valence-electron chi connectivity index (χ2n) is 10.4. The third-order valence-corrected chi connectivity index (χ3v) is 6.84. The first kappa shape index (κ1) is 34.7. The summed E-state index contributed by atoms with van der Waals surface area (Å²) in [5.74, 6) is -0.917. The molecule has 0 heterocycles. The molecule has 0 saturated carbocycles. The van der Waals surface area contributed by atoms with Crippen molar-refractivity contribution in [3.8, 4) is 0 Å². The molecule has 0 aliphatic rings. The van der Waals surface area contributed by atoms with Gasteiger partial charge in [0, 0.05) is 12.2 Å². The van der Waals surface area contributed by atoms with E-state index in [9.17, 15) is 9.59 Å². The quantitative estimate of drug-likeness (QED) is 0.0599. The molecule has 0 fully saturated rings. The molecule has 0 unspecified atom stereocenters. The van der Waals surface area contributed by atoms with E-state index in [-0.39, 0.29) is 0 Å². The molecule has 4 nitrogen and oxygen atoms in total. The fraction of sp³-hybridized carbons (Fsp3) is 0.875. The van der Waals surface area contributed by atoms with Crippen LogP contribution in [0, 0.1) is 0 Å². The van der Waals surface area contributed by atoms with Crippen LogP contribution in [0.15, 0.2) is 12.2 Å². The van der Waals surface area contributed by atoms with Crippen LogP contribution in [0.2, 0.25) is 0 Å². The highest BCUT2D eigenvalue weighted by molar-refractivity contribution is 5.91. The zero-order chi connectivity index (χ0) is 26.4. The molecule has 0 aromatic carbocycles. The van der Waals surface area contributed by atoms with Gasteiger partial charge in [-0.2, -0.15) is 0 Å². The van der Waals surface area contributed by atoms with Crippen LogP contribution in [0.1, 0.15) is 168 Å². The third-order valence-electron chi connectivity index (χ3n) is 6.84. The van der Waals surface area contributed by atoms with E-state index < -0.39 is 11.9 Å². The highest BCUT2D eigenvalue weighted by atomic mass is 16.5. The van der Waals surface area contributed by atoms with Gasteiger partial charge in [0.1, 0.15) is 0 Å². The lowest BCUT2D eigenvalue weighted by atomic mass is 10.0. The van der Waals surface area contributed by atoms with Crippen LogP contribution in [-0.4, -0.2) is 25.2 Å². The Morgan fingerprint density at radius 3 is 0.861 bits per heavy atom. The summed E-state index contributed by atoms with van der Waals surface area (Å²) in [6, 6.07) is 0. The van der Waals surface area contributed by atoms with Crippen molar-refractivity contribution in [2.24, 2.45) is 0 Å². The summed E-state index contributed by atoms with van der Waals surface area (Å²) in [7, 11) is 0. The molecule has 0 saturated heterocycles. The molecular weight excluding hydrogens is 448 g/mol. The van der Waals surface area contributed by atoms with Gasteiger partial charge in [-0.25, -0.2) is 9.59 Å². The summed E-state index contributed by atoms with van der Waals surface area (Å²) in [5.41, 5.74) is 0. The van der Waals surface area contributed by atoms with Gasteiger partial charge >= 0.3 is 11.9 Å². The van der Waals surface area contributed by atoms with E-state index in [0.29, 0.717) is 13.2 Å². The maximum absolute atomic E-state index is 11.7. The van der Waals surface area contributed by atoms with E-state index in [4.69, 9.17) is 9.47 Å². The second-order valence-corrected chi connectivity index (χ2v) is 10.4. The molecule has 0 atom stereocenters. The molecule has 0 radical (unpaired) electrons. The van der Waals surface area contributed by atoms with Crippen LogP contribution >= 0.6 is 0 Å². The Hall–Kier alpha value is -1.32. The van der Waals surface area contributed by atoms with Crippen LogP contribution < -0.4 is 0 Å². The lowest BCUT2D eigenvalue weighted by Crippen LogP contribution is -2.06. The highest BCUT2D eigenvalue weighted by Gasteiger charge is 2.02. The number of rotatable bonds is 28. The average molecular weight is 509 g/mol. The number of hydrogen-bond donors (Lipinski definition) is 0. The topological polar surface area (TPSA) is 52.6 Å². The molecule has 0 aliphatic carbocycles. The molecular formula is C32H60O4. The Balaban J connectivity index is 3.36. The van der Waals surface area contributed by atoms with Crippen molar-refractivity contribution in [1.29, 1.82) is 0 Å². The van der Waals surface area contributed by atoms with Gasteiger partial charge in [-0.05, 0) is 12.8 Å². The van der Waals surface area contributed by atoms with Crippen molar-refractivity contribution in [1.82, 2.24) is 0 Å². The minimum absolute atomic E-state index is 0.424. The zero-order valence-electron chi connectivity index (χ0n) is 24.2. The molecule has 4 heteroatoms. The van der Waals surface area contributed by atoms with Crippen molar-refractivity contribution in [3.05, 3.63) is 12.2 Å². The number of carbonyl (C=O) groups is 2. The van der Waals surface area contributed by atoms with Crippen LogP contribution in [0.5, 0.6) is 0 Å². The molecule has 0 amide bonds. The van der Waals surface area contributed by atoms with Gasteiger partial charge in [0.15, 0.2) is 0 Å². The fourth-order valence-corrected chi connectivity index (χ4v) is 4.46. The van der Waals surface area contributed by atoms with Crippen LogP contribution in [0.3, 0.4) is 0 Å². The largest absolute Gasteiger partial charge is 0.463 e. The van der Waals surface area contributed by atoms with Crippen LogP contribution in [0.25, 0.3) is 0 Å². The second kappa shape index (κ2) is 29.9. The number of ether oxygens (including phenoxy) is 2. The van der Waals surface area contributed by atoms with Gasteiger partial charge in [0.05, 0.1) is 13.2 Å². The van der Waals surface area contributed by atoms with E-state index in [1.165, 1.54) is 141 Å². The van der Waals surface area contributed by atoms with Gasteiger partial charge in [-0.15, -0.1) is 0 Å². The first-order valence-electron chi connectivity index (χ1n) is 15.7. The van der Waals surface area contributed by atoms with Gasteiger partial charge in [0.2, 0.25) is 0 Å². The van der Waals surface area contributed by atoms with E-state index in [1.54, 1.807) is 0 Å². The molecule has 36 heavy (non-hydrogen) atoms. The van der Waals surface area contributed by atoms with Crippen molar-refractivity contribution >= 4 is 11.9 Å². The Morgan fingerprint density at radius 1 is 0.389 bits per heavy atom. The molecule has 0 rings (SSSR count). The zero-order valence-corrected chi connectivity index (χ0v) is 24.2. The first-order chi connectivity index (χ1) is 17.7. The van der Waals surface area contributed by atoms with Gasteiger partial charge < -0.3 is 9.47 Å². The molecule has 212 valence electrons. The molecule has 0 aromatic rings. The standard InChI is InChI=1S/C32H60O4/c1-3-5-7-9-11-13-15-16-17-18-20-22-24-26-30-36-32(34)28-27-31(33)35-29-25-23-21-19-14-12-10-8-6-4-2/h27-28H,3-26,29-30H2,1-2H3. The molecule has 0 N–H and O–H groups in total. The fourth-order valence-electron chi connectivity index (χ4n) is 4.46. The predicted octanol–water partition coefficient (Wildman–Crippen LogP) is 10.0. The average Bonchev–Trinajstić information content (AvgIpc) is 2.88. The normalized spacial score (nSPS) is 11.3. The minimum Gasteiger partial charge on any atom is -0.463 e. The molecule has 0 spiro atoms. The van der Waals surface area contributed by atoms with E-state index in [0.717, 1.165) is 25.7 Å². The summed E-state index contributed by atoms with van der Waals surface area (Å²) >= 11 is 0. The summed E-state index contributed by atoms with van der Waals surface area (Å²) < 4.78 is 10.3. The number of carbonyl (C=O) groups excluding carboxylic acids is 2. The van der Waals surface area contributed by atoms with E-state index in [2.05, 4.69) is 13.8 Å². The van der Waals surface area contributed by atoms with Crippen molar-refractivity contribution in [2.75, 3.05) is 13.2 Å². The lowest BCUT2D eigenvalue weighted by Gasteiger charge is -2.04. The van der Waals surface area contributed by atoms with E-state index >= 15 is 0 Å². The third kappa shape index (κ3) is 28.9. The summed E-state index contributed by atoms with van der Waals surface area (Å²) in [5, 5.41) is 0. The highest BCUT2D eigenvalue weighted by Crippen LogP contribution is 2.13. The molecule has 0 aromatic heterocycles. The van der Waals surface area contributed by atoms with Crippen LogP contribution in [-0.2, 0) is 19.1 Å². The maximum Gasteiger partial charge on any atom is 0.331 e. The molecule has 0 bridgehead atoms. The first-order valence-corrected chi connectivity index (χ1v) is 15.7. The van der Waals surface area contributed by atoms with E-state index in [1.807, 2.05) is 0 Å². The number of esters is 2. The van der Waals surface area contributed by atoms with Gasteiger partial charge in [-0.3, -0.25) is 0 Å². The summed E-state index contributed by atoms with van der Waals surface area (Å²) in [6.07, 6.45) is 33.1. The van der Waals surface area contributed by atoms with Crippen molar-refractivity contribution in [3.63, 3.8) is 0 Å². The van der Waals surface area contributed by atoms with Crippen molar-refractivity contribution in [2.45, 2.75) is 168 Å². The number of hydrogen-bond acceptors (Lipinski definition) is 4. The number of unbranched alkanes of at least 4 members (excludes halogenated alkanes) is 22. The summed E-state index contributed by atoms with van der Waals surface area (Å²) in [6.45, 7) is 5.36. The minimum atomic E-state index is -0.459. The molecule has 0 aliphatic heterocycles. The SMILES string of the molecule is CCCCCCCCCCCCCCCCOC(=O)C=CC(=O)OCCCCCCCCCCCC. The predicted molar refractivity (Wildman–Crippen MR) is 153 cm³/mol. The van der Waals surface area contributed by atoms with Crippen LogP contribution in [0.4, 0.5) is 0 Å².